The Morgan fingerprint density at radius 1 is 1.44 bits per heavy atom. The first-order valence-corrected chi connectivity index (χ1v) is 6.39. The molecule has 18 heavy (non-hydrogen) atoms. The third-order valence-corrected chi connectivity index (χ3v) is 2.99. The van der Waals surface area contributed by atoms with Crippen molar-refractivity contribution in [2.45, 2.75) is 19.4 Å². The number of carbonyl (C=O) groups is 1. The summed E-state index contributed by atoms with van der Waals surface area (Å²) < 4.78 is 5.46. The van der Waals surface area contributed by atoms with Gasteiger partial charge in [-0.25, -0.2) is 0 Å². The molecule has 1 unspecified atom stereocenters. The summed E-state index contributed by atoms with van der Waals surface area (Å²) in [5.74, 6) is 0.320. The second kappa shape index (κ2) is 7.46. The molecule has 0 radical (unpaired) electrons. The Morgan fingerprint density at radius 3 is 2.78 bits per heavy atom. The zero-order valence-corrected chi connectivity index (χ0v) is 11.6. The molecule has 6 heteroatoms. The van der Waals surface area contributed by atoms with Crippen LogP contribution in [0.25, 0.3) is 0 Å². The number of carbonyl (C=O) groups excluding carboxylic acids is 1. The van der Waals surface area contributed by atoms with Gasteiger partial charge >= 0.3 is 0 Å². The highest BCUT2D eigenvalue weighted by Gasteiger charge is 2.14. The Kier molecular flexibility index (Phi) is 6.25. The summed E-state index contributed by atoms with van der Waals surface area (Å²) in [7, 11) is 0. The van der Waals surface area contributed by atoms with Gasteiger partial charge < -0.3 is 15.8 Å². The monoisotopic (exact) mass is 290 g/mol. The van der Waals surface area contributed by atoms with Crippen LogP contribution in [0.5, 0.6) is 5.75 Å². The number of hydrogen-bond donors (Lipinski definition) is 2. The highest BCUT2D eigenvalue weighted by atomic mass is 35.5. The van der Waals surface area contributed by atoms with Gasteiger partial charge in [0.2, 0.25) is 0 Å². The smallest absolute Gasteiger partial charge is 0.260 e. The van der Waals surface area contributed by atoms with Crippen molar-refractivity contribution in [3.63, 3.8) is 0 Å². The average Bonchev–Trinajstić information content (AvgIpc) is 2.34. The number of nitrogens with one attached hydrogen (secondary N) is 1. The maximum Gasteiger partial charge on any atom is 0.260 e. The first-order chi connectivity index (χ1) is 8.54. The van der Waals surface area contributed by atoms with Crippen molar-refractivity contribution < 1.29 is 9.53 Å². The third-order valence-electron chi connectivity index (χ3n) is 2.25. The van der Waals surface area contributed by atoms with E-state index in [9.17, 15) is 4.79 Å². The lowest BCUT2D eigenvalue weighted by Crippen LogP contribution is -2.37. The van der Waals surface area contributed by atoms with Crippen LogP contribution in [0.2, 0.25) is 10.0 Å². The second-order valence-electron chi connectivity index (χ2n) is 3.77. The minimum atomic E-state index is -0.597. The summed E-state index contributed by atoms with van der Waals surface area (Å²) in [6, 6.07) is 4.86. The second-order valence-corrected chi connectivity index (χ2v) is 4.58. The van der Waals surface area contributed by atoms with Crippen molar-refractivity contribution in [2.75, 3.05) is 13.1 Å². The summed E-state index contributed by atoms with van der Waals surface area (Å²) >= 11 is 11.6. The van der Waals surface area contributed by atoms with Gasteiger partial charge in [-0.05, 0) is 32.0 Å². The van der Waals surface area contributed by atoms with E-state index in [4.69, 9.17) is 33.7 Å². The third kappa shape index (κ3) is 4.72. The van der Waals surface area contributed by atoms with Gasteiger partial charge in [-0.3, -0.25) is 4.79 Å². The molecule has 0 aliphatic carbocycles. The number of rotatable bonds is 6. The van der Waals surface area contributed by atoms with Gasteiger partial charge in [0.25, 0.3) is 5.91 Å². The topological polar surface area (TPSA) is 64.3 Å². The molecule has 4 nitrogen and oxygen atoms in total. The molecule has 0 aliphatic heterocycles. The van der Waals surface area contributed by atoms with E-state index in [0.29, 0.717) is 28.9 Å². The zero-order chi connectivity index (χ0) is 13.5. The summed E-state index contributed by atoms with van der Waals surface area (Å²) in [4.78, 5) is 11.6. The first kappa shape index (κ1) is 15.1. The quantitative estimate of drug-likeness (QED) is 0.790. The van der Waals surface area contributed by atoms with Crippen LogP contribution in [-0.2, 0) is 4.79 Å². The molecular weight excluding hydrogens is 275 g/mol. The molecule has 0 aliphatic rings. The summed E-state index contributed by atoms with van der Waals surface area (Å²) in [6.07, 6.45) is 0.144. The Morgan fingerprint density at radius 2 is 2.17 bits per heavy atom. The molecule has 0 saturated carbocycles. The van der Waals surface area contributed by atoms with Crippen molar-refractivity contribution in [2.24, 2.45) is 5.73 Å². The molecule has 0 saturated heterocycles. The largest absolute Gasteiger partial charge is 0.481 e. The molecule has 1 rings (SSSR count). The van der Waals surface area contributed by atoms with E-state index in [2.05, 4.69) is 5.32 Å². The molecule has 1 aromatic rings. The predicted octanol–water partition coefficient (Wildman–Crippen LogP) is 2.23. The van der Waals surface area contributed by atoms with E-state index < -0.39 is 6.10 Å². The van der Waals surface area contributed by atoms with Crippen LogP contribution in [-0.4, -0.2) is 25.1 Å². The molecule has 1 atom stereocenters. The van der Waals surface area contributed by atoms with Gasteiger partial charge in [0.15, 0.2) is 6.10 Å². The van der Waals surface area contributed by atoms with Crippen LogP contribution in [0.3, 0.4) is 0 Å². The lowest BCUT2D eigenvalue weighted by atomic mass is 10.3. The Balaban J connectivity index is 2.50. The fourth-order valence-corrected chi connectivity index (χ4v) is 1.55. The van der Waals surface area contributed by atoms with E-state index in [1.54, 1.807) is 25.1 Å². The number of nitrogens with two attached hydrogens (primary N) is 1. The highest BCUT2D eigenvalue weighted by Crippen LogP contribution is 2.26. The fourth-order valence-electron chi connectivity index (χ4n) is 1.27. The van der Waals surface area contributed by atoms with Crippen LogP contribution in [0.15, 0.2) is 18.2 Å². The summed E-state index contributed by atoms with van der Waals surface area (Å²) in [5, 5.41) is 3.57. The van der Waals surface area contributed by atoms with Crippen molar-refractivity contribution in [3.8, 4) is 5.75 Å². The van der Waals surface area contributed by atoms with Crippen molar-refractivity contribution in [1.82, 2.24) is 5.32 Å². The number of hydrogen-bond acceptors (Lipinski definition) is 3. The number of halogens is 2. The predicted molar refractivity (Wildman–Crippen MR) is 73.2 cm³/mol. The molecule has 0 aromatic heterocycles. The first-order valence-electron chi connectivity index (χ1n) is 5.64. The normalized spacial score (nSPS) is 12.0. The van der Waals surface area contributed by atoms with E-state index in [0.717, 1.165) is 6.42 Å². The number of benzene rings is 1. The minimum absolute atomic E-state index is 0.186. The Labute approximate surface area is 116 Å². The Bertz CT molecular complexity index is 413. The average molecular weight is 291 g/mol. The standard InChI is InChI=1S/C12H16Cl2N2O2/c1-8(12(17)16-6-2-5-15)18-9-3-4-10(13)11(14)7-9/h3-4,7-8H,2,5-6,15H2,1H3,(H,16,17). The van der Waals surface area contributed by atoms with Gasteiger partial charge in [-0.1, -0.05) is 23.2 Å². The van der Waals surface area contributed by atoms with Crippen molar-refractivity contribution in [3.05, 3.63) is 28.2 Å². The zero-order valence-electron chi connectivity index (χ0n) is 10.1. The highest BCUT2D eigenvalue weighted by molar-refractivity contribution is 6.42. The van der Waals surface area contributed by atoms with Crippen LogP contribution in [0.4, 0.5) is 0 Å². The maximum absolute atomic E-state index is 11.6. The van der Waals surface area contributed by atoms with Crippen LogP contribution in [0, 0.1) is 0 Å². The van der Waals surface area contributed by atoms with Crippen LogP contribution in [0.1, 0.15) is 13.3 Å². The lowest BCUT2D eigenvalue weighted by molar-refractivity contribution is -0.127. The minimum Gasteiger partial charge on any atom is -0.481 e. The van der Waals surface area contributed by atoms with Gasteiger partial charge in [0.1, 0.15) is 5.75 Å². The number of ether oxygens (including phenoxy) is 1. The molecular formula is C12H16Cl2N2O2. The lowest BCUT2D eigenvalue weighted by Gasteiger charge is -2.14. The molecule has 100 valence electrons. The maximum atomic E-state index is 11.6. The molecule has 1 aromatic carbocycles. The molecule has 0 bridgehead atoms. The van der Waals surface area contributed by atoms with Crippen LogP contribution >= 0.6 is 23.2 Å². The van der Waals surface area contributed by atoms with E-state index >= 15 is 0 Å². The number of amides is 1. The SMILES string of the molecule is CC(Oc1ccc(Cl)c(Cl)c1)C(=O)NCCCN. The summed E-state index contributed by atoms with van der Waals surface area (Å²) in [5.41, 5.74) is 5.34. The van der Waals surface area contributed by atoms with Gasteiger partial charge in [-0.15, -0.1) is 0 Å². The Hall–Kier alpha value is -0.970. The molecule has 3 N–H and O–H groups in total. The van der Waals surface area contributed by atoms with E-state index in [1.807, 2.05) is 0 Å². The molecule has 0 spiro atoms. The molecule has 0 fully saturated rings. The van der Waals surface area contributed by atoms with Gasteiger partial charge in [-0.2, -0.15) is 0 Å². The van der Waals surface area contributed by atoms with E-state index in [-0.39, 0.29) is 5.91 Å². The van der Waals surface area contributed by atoms with Gasteiger partial charge in [0, 0.05) is 12.6 Å². The van der Waals surface area contributed by atoms with Crippen molar-refractivity contribution in [1.29, 1.82) is 0 Å². The fraction of sp³-hybridized carbons (Fsp3) is 0.417. The van der Waals surface area contributed by atoms with Crippen molar-refractivity contribution >= 4 is 29.1 Å². The molecule has 0 heterocycles. The molecule has 1 amide bonds. The van der Waals surface area contributed by atoms with Crippen LogP contribution < -0.4 is 15.8 Å². The summed E-state index contributed by atoms with van der Waals surface area (Å²) in [6.45, 7) is 2.76. The van der Waals surface area contributed by atoms with E-state index in [1.165, 1.54) is 0 Å². The van der Waals surface area contributed by atoms with Gasteiger partial charge in [0.05, 0.1) is 10.0 Å².